The van der Waals surface area contributed by atoms with Crippen molar-refractivity contribution in [1.29, 1.82) is 0 Å². The average molecular weight is 449 g/mol. The predicted octanol–water partition coefficient (Wildman–Crippen LogP) is -0.700. The predicted molar refractivity (Wildman–Crippen MR) is 116 cm³/mol. The molecule has 3 amide bonds. The van der Waals surface area contributed by atoms with Crippen molar-refractivity contribution in [1.82, 2.24) is 16.0 Å². The Morgan fingerprint density at radius 2 is 1.50 bits per heavy atom. The van der Waals surface area contributed by atoms with Gasteiger partial charge >= 0.3 is 5.97 Å². The first-order valence-corrected chi connectivity index (χ1v) is 11.3. The zero-order valence-corrected chi connectivity index (χ0v) is 19.1. The molecule has 11 heteroatoms. The van der Waals surface area contributed by atoms with Gasteiger partial charge in [-0.2, -0.15) is 11.8 Å². The Morgan fingerprint density at radius 3 is 1.93 bits per heavy atom. The van der Waals surface area contributed by atoms with E-state index in [1.807, 2.05) is 20.1 Å². The summed E-state index contributed by atoms with van der Waals surface area (Å²) in [7, 11) is 0. The molecule has 0 fully saturated rings. The lowest BCUT2D eigenvalue weighted by Gasteiger charge is -2.26. The molecule has 0 radical (unpaired) electrons. The molecule has 0 bridgehead atoms. The van der Waals surface area contributed by atoms with E-state index in [9.17, 15) is 29.4 Å². The van der Waals surface area contributed by atoms with Crippen LogP contribution < -0.4 is 21.7 Å². The van der Waals surface area contributed by atoms with Crippen LogP contribution in [0.25, 0.3) is 0 Å². The molecule has 0 spiro atoms. The number of carboxylic acids is 1. The lowest BCUT2D eigenvalue weighted by atomic mass is 10.0. The van der Waals surface area contributed by atoms with Crippen LogP contribution in [0.15, 0.2) is 0 Å². The molecule has 0 aromatic rings. The Kier molecular flexibility index (Phi) is 13.3. The van der Waals surface area contributed by atoms with E-state index in [0.717, 1.165) is 0 Å². The van der Waals surface area contributed by atoms with Crippen LogP contribution in [0.2, 0.25) is 0 Å². The van der Waals surface area contributed by atoms with Crippen molar-refractivity contribution >= 4 is 35.5 Å². The van der Waals surface area contributed by atoms with Crippen LogP contribution in [0.1, 0.15) is 40.5 Å². The fraction of sp³-hybridized carbons (Fsp3) is 0.789. The zero-order valence-electron chi connectivity index (χ0n) is 18.3. The van der Waals surface area contributed by atoms with E-state index < -0.39 is 54.5 Å². The highest BCUT2D eigenvalue weighted by Crippen LogP contribution is 2.07. The largest absolute Gasteiger partial charge is 0.480 e. The zero-order chi connectivity index (χ0) is 23.4. The molecule has 0 aromatic carbocycles. The maximum absolute atomic E-state index is 12.6. The topological polar surface area (TPSA) is 171 Å². The quantitative estimate of drug-likeness (QED) is 0.202. The molecule has 0 aromatic heterocycles. The molecule has 0 aliphatic heterocycles. The van der Waals surface area contributed by atoms with E-state index in [4.69, 9.17) is 5.73 Å². The molecule has 174 valence electrons. The van der Waals surface area contributed by atoms with Gasteiger partial charge in [0.1, 0.15) is 18.1 Å². The van der Waals surface area contributed by atoms with E-state index >= 15 is 0 Å². The van der Waals surface area contributed by atoms with Crippen LogP contribution in [0, 0.1) is 11.8 Å². The van der Waals surface area contributed by atoms with Gasteiger partial charge in [0.25, 0.3) is 0 Å². The molecule has 4 atom stereocenters. The molecule has 0 aliphatic carbocycles. The van der Waals surface area contributed by atoms with Gasteiger partial charge in [-0.3, -0.25) is 14.4 Å². The minimum Gasteiger partial charge on any atom is -0.480 e. The first-order valence-electron chi connectivity index (χ1n) is 9.93. The van der Waals surface area contributed by atoms with Crippen molar-refractivity contribution in [2.24, 2.45) is 17.6 Å². The Bertz CT molecular complexity index is 587. The van der Waals surface area contributed by atoms with Gasteiger partial charge in [-0.25, -0.2) is 4.79 Å². The number of aliphatic hydroxyl groups is 1. The fourth-order valence-electron chi connectivity index (χ4n) is 2.59. The highest BCUT2D eigenvalue weighted by atomic mass is 32.2. The summed E-state index contributed by atoms with van der Waals surface area (Å²) in [6.07, 6.45) is 2.55. The summed E-state index contributed by atoms with van der Waals surface area (Å²) in [5.74, 6) is -2.76. The maximum atomic E-state index is 12.6. The van der Waals surface area contributed by atoms with Crippen LogP contribution in [-0.4, -0.2) is 76.7 Å². The molecule has 0 rings (SSSR count). The number of hydrogen-bond donors (Lipinski definition) is 6. The molecular formula is C19H36N4O6S. The van der Waals surface area contributed by atoms with Crippen LogP contribution in [0.5, 0.6) is 0 Å². The SMILES string of the molecule is CSCCC(N)C(=O)NC(C(=O)NC(CO)C(=O)NC(CC(C)C)C(=O)O)C(C)C. The lowest BCUT2D eigenvalue weighted by Crippen LogP contribution is -2.59. The molecule has 0 saturated carbocycles. The monoisotopic (exact) mass is 448 g/mol. The summed E-state index contributed by atoms with van der Waals surface area (Å²) >= 11 is 1.55. The van der Waals surface area contributed by atoms with Gasteiger partial charge in [-0.05, 0) is 36.7 Å². The number of aliphatic carboxylic acids is 1. The normalized spacial score (nSPS) is 15.2. The molecular weight excluding hydrogens is 412 g/mol. The fourth-order valence-corrected chi connectivity index (χ4v) is 3.08. The summed E-state index contributed by atoms with van der Waals surface area (Å²) in [6.45, 7) is 6.34. The van der Waals surface area contributed by atoms with Gasteiger partial charge in [0.2, 0.25) is 17.7 Å². The van der Waals surface area contributed by atoms with E-state index in [1.54, 1.807) is 25.6 Å². The lowest BCUT2D eigenvalue weighted by molar-refractivity contribution is -0.143. The first kappa shape index (κ1) is 28.1. The summed E-state index contributed by atoms with van der Waals surface area (Å²) in [6, 6.07) is -4.23. The highest BCUT2D eigenvalue weighted by molar-refractivity contribution is 7.98. The van der Waals surface area contributed by atoms with Gasteiger partial charge < -0.3 is 31.9 Å². The average Bonchev–Trinajstić information content (AvgIpc) is 2.66. The van der Waals surface area contributed by atoms with Crippen molar-refractivity contribution in [2.45, 2.75) is 64.7 Å². The third kappa shape index (κ3) is 10.3. The van der Waals surface area contributed by atoms with Gasteiger partial charge in [0, 0.05) is 0 Å². The van der Waals surface area contributed by atoms with Crippen LogP contribution >= 0.6 is 11.8 Å². The number of carbonyl (C=O) groups excluding carboxylic acids is 3. The third-order valence-corrected chi connectivity index (χ3v) is 5.00. The van der Waals surface area contributed by atoms with E-state index in [0.29, 0.717) is 12.2 Å². The smallest absolute Gasteiger partial charge is 0.326 e. The molecule has 4 unspecified atom stereocenters. The number of amides is 3. The molecule has 0 aliphatic rings. The van der Waals surface area contributed by atoms with Gasteiger partial charge in [-0.15, -0.1) is 0 Å². The van der Waals surface area contributed by atoms with Crippen molar-refractivity contribution in [3.8, 4) is 0 Å². The van der Waals surface area contributed by atoms with Gasteiger partial charge in [-0.1, -0.05) is 27.7 Å². The molecule has 0 heterocycles. The molecule has 10 nitrogen and oxygen atoms in total. The van der Waals surface area contributed by atoms with E-state index in [-0.39, 0.29) is 18.3 Å². The highest BCUT2D eigenvalue weighted by Gasteiger charge is 2.31. The van der Waals surface area contributed by atoms with E-state index in [2.05, 4.69) is 16.0 Å². The summed E-state index contributed by atoms with van der Waals surface area (Å²) < 4.78 is 0. The number of carbonyl (C=O) groups is 4. The second-order valence-electron chi connectivity index (χ2n) is 7.89. The van der Waals surface area contributed by atoms with Crippen LogP contribution in [0.3, 0.4) is 0 Å². The summed E-state index contributed by atoms with van der Waals surface area (Å²) in [4.78, 5) is 48.6. The number of aliphatic hydroxyl groups excluding tert-OH is 1. The standard InChI is InChI=1S/C19H36N4O6S/c1-10(2)8-13(19(28)29)21-17(26)14(9-24)22-18(27)15(11(3)4)23-16(25)12(20)6-7-30-5/h10-15,24H,6-9,20H2,1-5H3,(H,21,26)(H,22,27)(H,23,25)(H,28,29). The minimum absolute atomic E-state index is 0.0180. The first-order chi connectivity index (χ1) is 13.9. The number of thioether (sulfide) groups is 1. The molecule has 30 heavy (non-hydrogen) atoms. The number of hydrogen-bond acceptors (Lipinski definition) is 7. The Hall–Kier alpha value is -1.85. The van der Waals surface area contributed by atoms with Gasteiger partial charge in [0.15, 0.2) is 0 Å². The number of nitrogens with one attached hydrogen (secondary N) is 3. The third-order valence-electron chi connectivity index (χ3n) is 4.35. The second-order valence-corrected chi connectivity index (χ2v) is 8.88. The Labute approximate surface area is 182 Å². The van der Waals surface area contributed by atoms with Crippen molar-refractivity contribution in [2.75, 3.05) is 18.6 Å². The van der Waals surface area contributed by atoms with Crippen molar-refractivity contribution < 1.29 is 29.4 Å². The van der Waals surface area contributed by atoms with Crippen LogP contribution in [-0.2, 0) is 19.2 Å². The number of carboxylic acid groups (broad SMARTS) is 1. The van der Waals surface area contributed by atoms with Crippen molar-refractivity contribution in [3.63, 3.8) is 0 Å². The van der Waals surface area contributed by atoms with Crippen LogP contribution in [0.4, 0.5) is 0 Å². The maximum Gasteiger partial charge on any atom is 0.326 e. The van der Waals surface area contributed by atoms with E-state index in [1.165, 1.54) is 0 Å². The van der Waals surface area contributed by atoms with Gasteiger partial charge in [0.05, 0.1) is 12.6 Å². The Balaban J connectivity index is 5.11. The van der Waals surface area contributed by atoms with Crippen molar-refractivity contribution in [3.05, 3.63) is 0 Å². The molecule has 0 saturated heterocycles. The minimum atomic E-state index is -1.35. The summed E-state index contributed by atoms with van der Waals surface area (Å²) in [5, 5.41) is 26.1. The summed E-state index contributed by atoms with van der Waals surface area (Å²) in [5.41, 5.74) is 5.83. The second kappa shape index (κ2) is 14.2. The Morgan fingerprint density at radius 1 is 0.933 bits per heavy atom. The number of rotatable bonds is 14. The number of nitrogens with two attached hydrogens (primary N) is 1. The molecule has 7 N–H and O–H groups in total.